The molecule has 3 aromatic rings. The van der Waals surface area contributed by atoms with Crippen molar-refractivity contribution < 1.29 is 42.4 Å². The van der Waals surface area contributed by atoms with Crippen molar-refractivity contribution in [1.29, 1.82) is 0 Å². The third kappa shape index (κ3) is 8.09. The first-order chi connectivity index (χ1) is 19.7. The Hall–Kier alpha value is -3.86. The maximum atomic E-state index is 13.6. The Kier molecular flexibility index (Phi) is 10.0. The van der Waals surface area contributed by atoms with Gasteiger partial charge in [-0.3, -0.25) is 4.79 Å². The molecule has 1 aliphatic heterocycles. The zero-order valence-corrected chi connectivity index (χ0v) is 25.0. The van der Waals surface area contributed by atoms with Crippen LogP contribution in [0.4, 0.5) is 0 Å². The minimum Gasteiger partial charge on any atom is -0.497 e. The van der Waals surface area contributed by atoms with Crippen LogP contribution < -0.4 is 18.9 Å². The number of ketones is 1. The van der Waals surface area contributed by atoms with E-state index in [0.717, 1.165) is 0 Å². The molecule has 0 amide bonds. The number of fused-ring (bicyclic) bond motifs is 1. The van der Waals surface area contributed by atoms with Crippen molar-refractivity contribution in [3.63, 3.8) is 0 Å². The molecular formula is C31H36O9Si. The number of hydrogen-bond donors (Lipinski definition) is 0. The number of hydrogen-bond acceptors (Lipinski definition) is 9. The van der Waals surface area contributed by atoms with Gasteiger partial charge in [0.1, 0.15) is 35.7 Å². The van der Waals surface area contributed by atoms with Gasteiger partial charge in [0.05, 0.1) is 38.9 Å². The van der Waals surface area contributed by atoms with E-state index in [1.165, 1.54) is 7.11 Å². The molecule has 2 atom stereocenters. The van der Waals surface area contributed by atoms with Gasteiger partial charge in [0.25, 0.3) is 0 Å². The second-order valence-electron chi connectivity index (χ2n) is 10.4. The lowest BCUT2D eigenvalue weighted by Crippen LogP contribution is -2.35. The van der Waals surface area contributed by atoms with Crippen molar-refractivity contribution in [1.82, 2.24) is 0 Å². The van der Waals surface area contributed by atoms with Gasteiger partial charge in [0, 0.05) is 17.2 Å². The summed E-state index contributed by atoms with van der Waals surface area (Å²) in [7, 11) is 1.32. The summed E-state index contributed by atoms with van der Waals surface area (Å²) >= 11 is 0. The Morgan fingerprint density at radius 2 is 1.51 bits per heavy atom. The fourth-order valence-corrected chi connectivity index (χ4v) is 4.98. The number of carbonyl (C=O) groups is 2. The standard InChI is InChI=1S/C31H36O9Si/c1-34-23-10-6-21(7-11-23)29(32)27-19-37-28-18-25(38-20-36-16-17-39-41(3,4)5)14-15-26(28)30(27)40-24-12-8-22(9-13-24)31(33)35-2/h6-15,18,27,30H,16-17,19-20H2,1-5H3. The average molecular weight is 581 g/mol. The minimum atomic E-state index is -1.58. The molecule has 3 aromatic carbocycles. The summed E-state index contributed by atoms with van der Waals surface area (Å²) in [6.45, 7) is 7.51. The van der Waals surface area contributed by atoms with Crippen LogP contribution in [0.25, 0.3) is 0 Å². The average Bonchev–Trinajstić information content (AvgIpc) is 2.98. The van der Waals surface area contributed by atoms with Crippen molar-refractivity contribution in [2.24, 2.45) is 5.92 Å². The zero-order valence-electron chi connectivity index (χ0n) is 24.0. The van der Waals surface area contributed by atoms with Crippen molar-refractivity contribution >= 4 is 20.1 Å². The molecule has 10 heteroatoms. The first kappa shape index (κ1) is 30.1. The number of carbonyl (C=O) groups excluding carboxylic acids is 2. The first-order valence-electron chi connectivity index (χ1n) is 13.3. The Bertz CT molecular complexity index is 1320. The number of esters is 1. The molecule has 0 saturated heterocycles. The van der Waals surface area contributed by atoms with Crippen molar-refractivity contribution in [2.75, 3.05) is 40.8 Å². The van der Waals surface area contributed by atoms with Gasteiger partial charge in [0.15, 0.2) is 20.9 Å². The molecule has 9 nitrogen and oxygen atoms in total. The van der Waals surface area contributed by atoms with E-state index in [2.05, 4.69) is 19.6 Å². The van der Waals surface area contributed by atoms with Crippen molar-refractivity contribution in [3.05, 3.63) is 83.4 Å². The molecule has 0 bridgehead atoms. The highest BCUT2D eigenvalue weighted by Gasteiger charge is 2.38. The molecular weight excluding hydrogens is 544 g/mol. The predicted octanol–water partition coefficient (Wildman–Crippen LogP) is 5.70. The van der Waals surface area contributed by atoms with E-state index in [1.807, 2.05) is 6.07 Å². The lowest BCUT2D eigenvalue weighted by molar-refractivity contribution is 0.00114. The molecule has 1 heterocycles. The van der Waals surface area contributed by atoms with Gasteiger partial charge in [-0.2, -0.15) is 0 Å². The Labute approximate surface area is 241 Å². The highest BCUT2D eigenvalue weighted by Crippen LogP contribution is 2.41. The number of rotatable bonds is 13. The second-order valence-corrected chi connectivity index (χ2v) is 14.9. The summed E-state index contributed by atoms with van der Waals surface area (Å²) < 4.78 is 39.5. The van der Waals surface area contributed by atoms with Crippen LogP contribution in [-0.4, -0.2) is 60.9 Å². The Balaban J connectivity index is 1.52. The van der Waals surface area contributed by atoms with Gasteiger partial charge in [0.2, 0.25) is 0 Å². The van der Waals surface area contributed by atoms with E-state index in [4.69, 9.17) is 32.8 Å². The lowest BCUT2D eigenvalue weighted by Gasteiger charge is -2.33. The van der Waals surface area contributed by atoms with Gasteiger partial charge in [-0.05, 0) is 80.3 Å². The van der Waals surface area contributed by atoms with Crippen LogP contribution in [-0.2, 0) is 13.9 Å². The SMILES string of the molecule is COC(=O)c1ccc(OC2c3ccc(OCOCCO[Si](C)(C)C)cc3OCC2C(=O)c2ccc(OC)cc2)cc1. The van der Waals surface area contributed by atoms with Crippen LogP contribution in [0.3, 0.4) is 0 Å². The highest BCUT2D eigenvalue weighted by molar-refractivity contribution is 6.69. The van der Waals surface area contributed by atoms with Gasteiger partial charge in [-0.25, -0.2) is 4.79 Å². The molecule has 218 valence electrons. The van der Waals surface area contributed by atoms with Gasteiger partial charge in [-0.15, -0.1) is 0 Å². The van der Waals surface area contributed by atoms with E-state index < -0.39 is 26.3 Å². The maximum absolute atomic E-state index is 13.6. The van der Waals surface area contributed by atoms with E-state index >= 15 is 0 Å². The number of Topliss-reactive ketones (excluding diaryl/α,β-unsaturated/α-hetero) is 1. The highest BCUT2D eigenvalue weighted by atomic mass is 28.4. The maximum Gasteiger partial charge on any atom is 0.337 e. The minimum absolute atomic E-state index is 0.0684. The van der Waals surface area contributed by atoms with Crippen molar-refractivity contribution in [3.8, 4) is 23.0 Å². The number of ether oxygens (including phenoxy) is 6. The molecule has 0 spiro atoms. The van der Waals surface area contributed by atoms with Crippen LogP contribution in [0.15, 0.2) is 66.7 Å². The first-order valence-corrected chi connectivity index (χ1v) is 16.7. The summed E-state index contributed by atoms with van der Waals surface area (Å²) in [5.74, 6) is 1.08. The number of benzene rings is 3. The third-order valence-corrected chi connectivity index (χ3v) is 7.47. The normalized spacial score (nSPS) is 16.2. The quantitative estimate of drug-likeness (QED) is 0.0829. The largest absolute Gasteiger partial charge is 0.497 e. The molecule has 0 radical (unpaired) electrons. The molecule has 2 unspecified atom stereocenters. The van der Waals surface area contributed by atoms with Crippen LogP contribution in [0.2, 0.25) is 19.6 Å². The third-order valence-electron chi connectivity index (χ3n) is 6.40. The molecule has 41 heavy (non-hydrogen) atoms. The van der Waals surface area contributed by atoms with Gasteiger partial charge >= 0.3 is 5.97 Å². The topological polar surface area (TPSA) is 98.8 Å². The van der Waals surface area contributed by atoms with E-state index in [9.17, 15) is 9.59 Å². The number of methoxy groups -OCH3 is 2. The van der Waals surface area contributed by atoms with E-state index in [0.29, 0.717) is 52.9 Å². The van der Waals surface area contributed by atoms with Crippen LogP contribution >= 0.6 is 0 Å². The Morgan fingerprint density at radius 3 is 2.17 bits per heavy atom. The van der Waals surface area contributed by atoms with Crippen LogP contribution in [0.1, 0.15) is 32.4 Å². The molecule has 0 saturated carbocycles. The fourth-order valence-electron chi connectivity index (χ4n) is 4.29. The Morgan fingerprint density at radius 1 is 0.854 bits per heavy atom. The predicted molar refractivity (Wildman–Crippen MR) is 155 cm³/mol. The summed E-state index contributed by atoms with van der Waals surface area (Å²) in [6, 6.07) is 18.9. The summed E-state index contributed by atoms with van der Waals surface area (Å²) in [5, 5.41) is 0. The summed E-state index contributed by atoms with van der Waals surface area (Å²) in [4.78, 5) is 25.5. The molecule has 0 fully saturated rings. The molecule has 0 aliphatic carbocycles. The smallest absolute Gasteiger partial charge is 0.337 e. The van der Waals surface area contributed by atoms with Gasteiger partial charge < -0.3 is 32.8 Å². The molecule has 4 rings (SSSR count). The van der Waals surface area contributed by atoms with Crippen LogP contribution in [0.5, 0.6) is 23.0 Å². The van der Waals surface area contributed by atoms with Gasteiger partial charge in [-0.1, -0.05) is 0 Å². The van der Waals surface area contributed by atoms with Crippen LogP contribution in [0, 0.1) is 5.92 Å². The van der Waals surface area contributed by atoms with E-state index in [1.54, 1.807) is 67.8 Å². The summed E-state index contributed by atoms with van der Waals surface area (Å²) in [5.41, 5.74) is 1.62. The lowest BCUT2D eigenvalue weighted by atomic mass is 9.86. The molecule has 0 aromatic heterocycles. The van der Waals surface area contributed by atoms with E-state index in [-0.39, 0.29) is 19.2 Å². The molecule has 1 aliphatic rings. The zero-order chi connectivity index (χ0) is 29.4. The fraction of sp³-hybridized carbons (Fsp3) is 0.355. The second kappa shape index (κ2) is 13.7. The molecule has 0 N–H and O–H groups in total. The van der Waals surface area contributed by atoms with Crippen molar-refractivity contribution in [2.45, 2.75) is 25.7 Å². The monoisotopic (exact) mass is 580 g/mol. The summed E-state index contributed by atoms with van der Waals surface area (Å²) in [6.07, 6.45) is -0.652.